The topological polar surface area (TPSA) is 42.7 Å². The number of aryl methyl sites for hydroxylation is 1. The number of benzene rings is 1. The first kappa shape index (κ1) is 14.5. The van der Waals surface area contributed by atoms with Gasteiger partial charge in [-0.05, 0) is 46.6 Å². The van der Waals surface area contributed by atoms with Crippen LogP contribution in [0.5, 0.6) is 0 Å². The van der Waals surface area contributed by atoms with Crippen molar-refractivity contribution in [1.82, 2.24) is 20.3 Å². The zero-order valence-electron chi connectivity index (χ0n) is 10.9. The number of nitrogens with one attached hydrogen (secondary N) is 1. The number of nitrogens with zero attached hydrogens (tertiary/aromatic N) is 3. The molecule has 2 rings (SSSR count). The largest absolute Gasteiger partial charge is 0.305 e. The van der Waals surface area contributed by atoms with Crippen LogP contribution in [0.15, 0.2) is 28.9 Å². The summed E-state index contributed by atoms with van der Waals surface area (Å²) in [7, 11) is 1.89. The zero-order valence-corrected chi connectivity index (χ0v) is 13.2. The molecule has 0 amide bonds. The highest BCUT2D eigenvalue weighted by molar-refractivity contribution is 9.10. The van der Waals surface area contributed by atoms with Gasteiger partial charge in [-0.3, -0.25) is 0 Å². The minimum atomic E-state index is 0.0213. The van der Waals surface area contributed by atoms with Crippen molar-refractivity contribution < 1.29 is 0 Å². The summed E-state index contributed by atoms with van der Waals surface area (Å²) in [6.07, 6.45) is 1.06. The standard InChI is InChI=1S/C13H16BrClN4/c1-3-7-16-11(9-5-4-6-10(15)8-9)12-13(14)17-18-19(12)2/h4-6,8,11,16H,3,7H2,1-2H3. The maximum Gasteiger partial charge on any atom is 0.153 e. The summed E-state index contributed by atoms with van der Waals surface area (Å²) in [5, 5.41) is 12.3. The van der Waals surface area contributed by atoms with E-state index in [9.17, 15) is 0 Å². The van der Waals surface area contributed by atoms with Gasteiger partial charge >= 0.3 is 0 Å². The van der Waals surface area contributed by atoms with E-state index in [0.29, 0.717) is 0 Å². The molecule has 0 bridgehead atoms. The third-order valence-electron chi connectivity index (χ3n) is 2.88. The van der Waals surface area contributed by atoms with Crippen molar-refractivity contribution in [2.24, 2.45) is 7.05 Å². The van der Waals surface area contributed by atoms with Crippen LogP contribution in [0.1, 0.15) is 30.6 Å². The Morgan fingerprint density at radius 2 is 2.26 bits per heavy atom. The van der Waals surface area contributed by atoms with Gasteiger partial charge in [0.05, 0.1) is 11.7 Å². The number of rotatable bonds is 5. The number of halogens is 2. The lowest BCUT2D eigenvalue weighted by atomic mass is 10.0. The molecular weight excluding hydrogens is 328 g/mol. The van der Waals surface area contributed by atoms with Crippen molar-refractivity contribution in [2.45, 2.75) is 19.4 Å². The minimum Gasteiger partial charge on any atom is -0.305 e. The molecule has 0 fully saturated rings. The zero-order chi connectivity index (χ0) is 13.8. The van der Waals surface area contributed by atoms with Gasteiger partial charge in [0.15, 0.2) is 4.60 Å². The molecule has 0 aliphatic heterocycles. The predicted octanol–water partition coefficient (Wildman–Crippen LogP) is 3.32. The summed E-state index contributed by atoms with van der Waals surface area (Å²) in [4.78, 5) is 0. The van der Waals surface area contributed by atoms with Crippen molar-refractivity contribution in [2.75, 3.05) is 6.54 Å². The molecule has 1 unspecified atom stereocenters. The van der Waals surface area contributed by atoms with E-state index in [4.69, 9.17) is 11.6 Å². The average molecular weight is 344 g/mol. The summed E-state index contributed by atoms with van der Waals surface area (Å²) in [6.45, 7) is 3.05. The van der Waals surface area contributed by atoms with E-state index < -0.39 is 0 Å². The van der Waals surface area contributed by atoms with E-state index in [1.807, 2.05) is 25.2 Å². The Morgan fingerprint density at radius 1 is 1.47 bits per heavy atom. The van der Waals surface area contributed by atoms with Gasteiger partial charge in [0, 0.05) is 12.1 Å². The quantitative estimate of drug-likeness (QED) is 0.905. The molecule has 0 radical (unpaired) electrons. The Hall–Kier alpha value is -0.910. The highest BCUT2D eigenvalue weighted by atomic mass is 79.9. The van der Waals surface area contributed by atoms with E-state index in [1.54, 1.807) is 4.68 Å². The van der Waals surface area contributed by atoms with Crippen molar-refractivity contribution in [3.8, 4) is 0 Å². The van der Waals surface area contributed by atoms with Gasteiger partial charge in [0.2, 0.25) is 0 Å². The van der Waals surface area contributed by atoms with Crippen LogP contribution in [0.25, 0.3) is 0 Å². The lowest BCUT2D eigenvalue weighted by molar-refractivity contribution is 0.549. The third-order valence-corrected chi connectivity index (χ3v) is 3.68. The van der Waals surface area contributed by atoms with Crippen LogP contribution >= 0.6 is 27.5 Å². The fourth-order valence-electron chi connectivity index (χ4n) is 1.99. The lowest BCUT2D eigenvalue weighted by Crippen LogP contribution is -2.25. The molecule has 1 aromatic carbocycles. The average Bonchev–Trinajstić information content (AvgIpc) is 2.71. The van der Waals surface area contributed by atoms with Crippen LogP contribution in [-0.4, -0.2) is 21.5 Å². The second kappa shape index (κ2) is 6.50. The minimum absolute atomic E-state index is 0.0213. The molecule has 0 saturated heterocycles. The van der Waals surface area contributed by atoms with Crippen LogP contribution in [0.3, 0.4) is 0 Å². The highest BCUT2D eigenvalue weighted by Gasteiger charge is 2.21. The molecule has 4 nitrogen and oxygen atoms in total. The molecule has 19 heavy (non-hydrogen) atoms. The Bertz CT molecular complexity index is 536. The smallest absolute Gasteiger partial charge is 0.153 e. The van der Waals surface area contributed by atoms with E-state index in [1.165, 1.54) is 0 Å². The number of hydrogen-bond donors (Lipinski definition) is 1. The molecule has 2 aromatic rings. The van der Waals surface area contributed by atoms with Gasteiger partial charge in [-0.2, -0.15) is 0 Å². The van der Waals surface area contributed by atoms with Crippen LogP contribution in [0, 0.1) is 0 Å². The van der Waals surface area contributed by atoms with E-state index in [0.717, 1.165) is 33.8 Å². The summed E-state index contributed by atoms with van der Waals surface area (Å²) >= 11 is 9.54. The monoisotopic (exact) mass is 342 g/mol. The summed E-state index contributed by atoms with van der Waals surface area (Å²) < 4.78 is 2.53. The second-order valence-electron chi connectivity index (χ2n) is 4.33. The fraction of sp³-hybridized carbons (Fsp3) is 0.385. The molecule has 0 spiro atoms. The third kappa shape index (κ3) is 3.35. The first-order chi connectivity index (χ1) is 9.13. The fourth-order valence-corrected chi connectivity index (χ4v) is 2.75. The molecule has 1 atom stereocenters. The molecule has 1 aromatic heterocycles. The van der Waals surface area contributed by atoms with Gasteiger partial charge in [-0.15, -0.1) is 5.10 Å². The van der Waals surface area contributed by atoms with E-state index >= 15 is 0 Å². The molecule has 1 heterocycles. The number of aromatic nitrogens is 3. The van der Waals surface area contributed by atoms with Crippen LogP contribution in [0.2, 0.25) is 5.02 Å². The van der Waals surface area contributed by atoms with Crippen molar-refractivity contribution in [3.63, 3.8) is 0 Å². The number of hydrogen-bond acceptors (Lipinski definition) is 3. The second-order valence-corrected chi connectivity index (χ2v) is 5.52. The SMILES string of the molecule is CCCNC(c1cccc(Cl)c1)c1c(Br)nnn1C. The van der Waals surface area contributed by atoms with E-state index in [2.05, 4.69) is 44.5 Å². The first-order valence-electron chi connectivity index (χ1n) is 6.17. The Balaban J connectivity index is 2.41. The van der Waals surface area contributed by atoms with Crippen LogP contribution < -0.4 is 5.32 Å². The van der Waals surface area contributed by atoms with Crippen LogP contribution in [-0.2, 0) is 7.05 Å². The van der Waals surface area contributed by atoms with Crippen molar-refractivity contribution >= 4 is 27.5 Å². The van der Waals surface area contributed by atoms with Gasteiger partial charge < -0.3 is 5.32 Å². The maximum absolute atomic E-state index is 6.09. The van der Waals surface area contributed by atoms with Gasteiger partial charge in [-0.1, -0.05) is 35.9 Å². The Labute approximate surface area is 126 Å². The molecule has 102 valence electrons. The van der Waals surface area contributed by atoms with E-state index in [-0.39, 0.29) is 6.04 Å². The Morgan fingerprint density at radius 3 is 2.84 bits per heavy atom. The summed E-state index contributed by atoms with van der Waals surface area (Å²) in [5.41, 5.74) is 2.10. The highest BCUT2D eigenvalue weighted by Crippen LogP contribution is 2.28. The predicted molar refractivity (Wildman–Crippen MR) is 80.3 cm³/mol. The maximum atomic E-state index is 6.09. The summed E-state index contributed by atoms with van der Waals surface area (Å²) in [5.74, 6) is 0. The normalized spacial score (nSPS) is 12.6. The Kier molecular flexibility index (Phi) is 4.96. The van der Waals surface area contributed by atoms with Crippen LogP contribution in [0.4, 0.5) is 0 Å². The van der Waals surface area contributed by atoms with Gasteiger partial charge in [0.25, 0.3) is 0 Å². The van der Waals surface area contributed by atoms with Gasteiger partial charge in [0.1, 0.15) is 0 Å². The molecule has 1 N–H and O–H groups in total. The molecule has 0 aliphatic carbocycles. The molecule has 6 heteroatoms. The van der Waals surface area contributed by atoms with Crippen molar-refractivity contribution in [3.05, 3.63) is 45.1 Å². The van der Waals surface area contributed by atoms with Gasteiger partial charge in [-0.25, -0.2) is 4.68 Å². The summed E-state index contributed by atoms with van der Waals surface area (Å²) in [6, 6.07) is 7.87. The van der Waals surface area contributed by atoms with Crippen molar-refractivity contribution in [1.29, 1.82) is 0 Å². The molecular formula is C13H16BrClN4. The molecule has 0 aliphatic rings. The first-order valence-corrected chi connectivity index (χ1v) is 7.34. The lowest BCUT2D eigenvalue weighted by Gasteiger charge is -2.19. The molecule has 0 saturated carbocycles.